The minimum Gasteiger partial charge on any atom is -0.411 e. The monoisotopic (exact) mass is 178 g/mol. The van der Waals surface area contributed by atoms with Crippen molar-refractivity contribution in [1.29, 1.82) is 0 Å². The summed E-state index contributed by atoms with van der Waals surface area (Å²) in [5.74, 6) is 0. The minimum atomic E-state index is 0.267. The molecule has 0 spiro atoms. The maximum atomic E-state index is 8.68. The quantitative estimate of drug-likeness (QED) is 0.411. The Bertz CT molecular complexity index is 331. The lowest BCUT2D eigenvalue weighted by atomic mass is 10.1. The number of oxime groups is 2. The van der Waals surface area contributed by atoms with Crippen LogP contribution in [-0.4, -0.2) is 21.8 Å². The van der Waals surface area contributed by atoms with Crippen molar-refractivity contribution in [1.82, 2.24) is 0 Å². The van der Waals surface area contributed by atoms with Gasteiger partial charge in [0.25, 0.3) is 0 Å². The van der Waals surface area contributed by atoms with Crippen LogP contribution in [0.2, 0.25) is 0 Å². The van der Waals surface area contributed by atoms with Crippen LogP contribution in [0, 0.1) is 0 Å². The van der Waals surface area contributed by atoms with Gasteiger partial charge in [0.1, 0.15) is 11.4 Å². The van der Waals surface area contributed by atoms with Gasteiger partial charge in [-0.1, -0.05) is 40.6 Å². The Morgan fingerprint density at radius 1 is 1.08 bits per heavy atom. The maximum Gasteiger partial charge on any atom is 0.134 e. The SMILES string of the molecule is CC(=NO)C(=NO)c1ccccc1. The molecule has 0 aliphatic heterocycles. The first-order valence-electron chi connectivity index (χ1n) is 3.76. The normalized spacial score (nSPS) is 13.0. The van der Waals surface area contributed by atoms with E-state index >= 15 is 0 Å². The van der Waals surface area contributed by atoms with Crippen LogP contribution in [0.4, 0.5) is 0 Å². The van der Waals surface area contributed by atoms with Crippen LogP contribution in [0.15, 0.2) is 40.6 Å². The van der Waals surface area contributed by atoms with E-state index in [0.717, 1.165) is 0 Å². The highest BCUT2D eigenvalue weighted by atomic mass is 16.4. The zero-order chi connectivity index (χ0) is 9.68. The van der Waals surface area contributed by atoms with Crippen molar-refractivity contribution in [3.63, 3.8) is 0 Å². The average Bonchev–Trinajstić information content (AvgIpc) is 2.20. The van der Waals surface area contributed by atoms with Gasteiger partial charge < -0.3 is 10.4 Å². The lowest BCUT2D eigenvalue weighted by molar-refractivity contribution is 0.314. The highest BCUT2D eigenvalue weighted by Crippen LogP contribution is 2.02. The summed E-state index contributed by atoms with van der Waals surface area (Å²) in [4.78, 5) is 0. The van der Waals surface area contributed by atoms with E-state index in [2.05, 4.69) is 10.3 Å². The highest BCUT2D eigenvalue weighted by molar-refractivity contribution is 6.47. The first kappa shape index (κ1) is 9.25. The third-order valence-electron chi connectivity index (χ3n) is 1.64. The van der Waals surface area contributed by atoms with E-state index in [0.29, 0.717) is 5.56 Å². The van der Waals surface area contributed by atoms with Gasteiger partial charge in [-0.2, -0.15) is 0 Å². The Balaban J connectivity index is 3.07. The van der Waals surface area contributed by atoms with Crippen LogP contribution in [0.3, 0.4) is 0 Å². The molecule has 0 heterocycles. The van der Waals surface area contributed by atoms with E-state index in [1.165, 1.54) is 0 Å². The van der Waals surface area contributed by atoms with Crippen LogP contribution >= 0.6 is 0 Å². The van der Waals surface area contributed by atoms with Gasteiger partial charge in [-0.15, -0.1) is 0 Å². The second kappa shape index (κ2) is 4.25. The summed E-state index contributed by atoms with van der Waals surface area (Å²) in [6, 6.07) is 9.01. The smallest absolute Gasteiger partial charge is 0.134 e. The van der Waals surface area contributed by atoms with E-state index < -0.39 is 0 Å². The first-order valence-corrected chi connectivity index (χ1v) is 3.76. The van der Waals surface area contributed by atoms with E-state index in [4.69, 9.17) is 10.4 Å². The average molecular weight is 178 g/mol. The third kappa shape index (κ3) is 2.05. The zero-order valence-corrected chi connectivity index (χ0v) is 7.18. The molecule has 0 atom stereocenters. The molecule has 4 heteroatoms. The number of rotatable bonds is 2. The summed E-state index contributed by atoms with van der Waals surface area (Å²) in [6.45, 7) is 1.56. The van der Waals surface area contributed by atoms with Gasteiger partial charge in [0.2, 0.25) is 0 Å². The van der Waals surface area contributed by atoms with Gasteiger partial charge in [0.15, 0.2) is 0 Å². The summed E-state index contributed by atoms with van der Waals surface area (Å²) < 4.78 is 0. The van der Waals surface area contributed by atoms with E-state index in [-0.39, 0.29) is 11.4 Å². The fourth-order valence-corrected chi connectivity index (χ4v) is 0.982. The van der Waals surface area contributed by atoms with Crippen LogP contribution in [0.5, 0.6) is 0 Å². The molecular formula is C9H10N2O2. The molecule has 68 valence electrons. The van der Waals surface area contributed by atoms with Gasteiger partial charge >= 0.3 is 0 Å². The van der Waals surface area contributed by atoms with Gasteiger partial charge in [0.05, 0.1) is 0 Å². The molecule has 1 rings (SSSR count). The molecule has 2 N–H and O–H groups in total. The molecule has 0 radical (unpaired) electrons. The Morgan fingerprint density at radius 2 is 1.69 bits per heavy atom. The van der Waals surface area contributed by atoms with Crippen molar-refractivity contribution < 1.29 is 10.4 Å². The van der Waals surface area contributed by atoms with Crippen LogP contribution < -0.4 is 0 Å². The van der Waals surface area contributed by atoms with Crippen molar-refractivity contribution in [3.05, 3.63) is 35.9 Å². The van der Waals surface area contributed by atoms with Crippen molar-refractivity contribution in [3.8, 4) is 0 Å². The lowest BCUT2D eigenvalue weighted by Crippen LogP contribution is -2.11. The lowest BCUT2D eigenvalue weighted by Gasteiger charge is -2.00. The molecule has 0 saturated heterocycles. The molecule has 0 unspecified atom stereocenters. The fraction of sp³-hybridized carbons (Fsp3) is 0.111. The molecule has 0 fully saturated rings. The summed E-state index contributed by atoms with van der Waals surface area (Å²) in [7, 11) is 0. The molecular weight excluding hydrogens is 168 g/mol. The van der Waals surface area contributed by atoms with Gasteiger partial charge in [-0.25, -0.2) is 0 Å². The van der Waals surface area contributed by atoms with Crippen LogP contribution in [-0.2, 0) is 0 Å². The minimum absolute atomic E-state index is 0.267. The first-order chi connectivity index (χ1) is 6.29. The van der Waals surface area contributed by atoms with Crippen molar-refractivity contribution in [2.75, 3.05) is 0 Å². The Labute approximate surface area is 75.8 Å². The number of hydrogen-bond donors (Lipinski definition) is 2. The number of nitrogens with zero attached hydrogens (tertiary/aromatic N) is 2. The Morgan fingerprint density at radius 3 is 2.15 bits per heavy atom. The number of benzene rings is 1. The molecule has 1 aromatic rings. The predicted molar refractivity (Wildman–Crippen MR) is 49.7 cm³/mol. The summed E-state index contributed by atoms with van der Waals surface area (Å²) >= 11 is 0. The van der Waals surface area contributed by atoms with E-state index in [1.807, 2.05) is 18.2 Å². The molecule has 4 nitrogen and oxygen atoms in total. The highest BCUT2D eigenvalue weighted by Gasteiger charge is 2.07. The second-order valence-corrected chi connectivity index (χ2v) is 2.50. The largest absolute Gasteiger partial charge is 0.411 e. The molecule has 0 bridgehead atoms. The van der Waals surface area contributed by atoms with Crippen molar-refractivity contribution in [2.24, 2.45) is 10.3 Å². The van der Waals surface area contributed by atoms with Crippen LogP contribution in [0.1, 0.15) is 12.5 Å². The van der Waals surface area contributed by atoms with Gasteiger partial charge in [-0.3, -0.25) is 0 Å². The molecule has 1 aromatic carbocycles. The Kier molecular flexibility index (Phi) is 3.03. The summed E-state index contributed by atoms with van der Waals surface area (Å²) in [6.07, 6.45) is 0. The van der Waals surface area contributed by atoms with E-state index in [9.17, 15) is 0 Å². The van der Waals surface area contributed by atoms with Crippen molar-refractivity contribution in [2.45, 2.75) is 6.92 Å². The standard InChI is InChI=1S/C9H10N2O2/c1-7(10-12)9(11-13)8-5-3-2-4-6-8/h2-6,12-13H,1H3. The predicted octanol–water partition coefficient (Wildman–Crippen LogP) is 1.71. The third-order valence-corrected chi connectivity index (χ3v) is 1.64. The maximum absolute atomic E-state index is 8.68. The molecule has 0 aromatic heterocycles. The number of hydrogen-bond acceptors (Lipinski definition) is 4. The second-order valence-electron chi connectivity index (χ2n) is 2.50. The molecule has 0 saturated carbocycles. The molecule has 13 heavy (non-hydrogen) atoms. The Hall–Kier alpha value is -1.84. The topological polar surface area (TPSA) is 65.2 Å². The summed E-state index contributed by atoms with van der Waals surface area (Å²) in [5, 5.41) is 23.2. The van der Waals surface area contributed by atoms with Gasteiger partial charge in [-0.05, 0) is 6.92 Å². The molecule has 0 aliphatic rings. The zero-order valence-electron chi connectivity index (χ0n) is 7.18. The van der Waals surface area contributed by atoms with Gasteiger partial charge in [0, 0.05) is 5.56 Å². The van der Waals surface area contributed by atoms with Crippen LogP contribution in [0.25, 0.3) is 0 Å². The van der Waals surface area contributed by atoms with Crippen molar-refractivity contribution >= 4 is 11.4 Å². The molecule has 0 aliphatic carbocycles. The summed E-state index contributed by atoms with van der Waals surface area (Å²) in [5.41, 5.74) is 1.25. The molecule has 0 amide bonds. The fourth-order valence-electron chi connectivity index (χ4n) is 0.982. The van der Waals surface area contributed by atoms with E-state index in [1.54, 1.807) is 19.1 Å².